The van der Waals surface area contributed by atoms with Gasteiger partial charge >= 0.3 is 5.97 Å². The van der Waals surface area contributed by atoms with Crippen LogP contribution >= 0.6 is 0 Å². The van der Waals surface area contributed by atoms with Gasteiger partial charge in [0, 0.05) is 13.8 Å². The third kappa shape index (κ3) is 8.57. The van der Waals surface area contributed by atoms with Gasteiger partial charge < -0.3 is 19.5 Å². The summed E-state index contributed by atoms with van der Waals surface area (Å²) in [6, 6.07) is -0.250. The van der Waals surface area contributed by atoms with Crippen molar-refractivity contribution in [2.75, 3.05) is 13.2 Å². The Bertz CT molecular complexity index is 577. The molecule has 1 heterocycles. The van der Waals surface area contributed by atoms with E-state index in [-0.39, 0.29) is 42.5 Å². The van der Waals surface area contributed by atoms with Crippen molar-refractivity contribution in [2.24, 2.45) is 11.8 Å². The molecule has 28 heavy (non-hydrogen) atoms. The third-order valence-electron chi connectivity index (χ3n) is 5.19. The van der Waals surface area contributed by atoms with Gasteiger partial charge in [-0.2, -0.15) is 0 Å². The van der Waals surface area contributed by atoms with Crippen LogP contribution in [0.15, 0.2) is 23.3 Å². The number of esters is 1. The van der Waals surface area contributed by atoms with Crippen molar-refractivity contribution in [3.05, 3.63) is 23.3 Å². The van der Waals surface area contributed by atoms with Crippen molar-refractivity contribution in [3.63, 3.8) is 0 Å². The maximum atomic E-state index is 11.7. The van der Waals surface area contributed by atoms with Gasteiger partial charge in [-0.3, -0.25) is 9.59 Å². The van der Waals surface area contributed by atoms with E-state index in [0.29, 0.717) is 6.61 Å². The van der Waals surface area contributed by atoms with Gasteiger partial charge in [-0.15, -0.1) is 0 Å². The second-order valence-corrected chi connectivity index (χ2v) is 7.99. The lowest BCUT2D eigenvalue weighted by atomic mass is 9.82. The fourth-order valence-corrected chi connectivity index (χ4v) is 3.24. The summed E-state index contributed by atoms with van der Waals surface area (Å²) in [4.78, 5) is 22.8. The molecule has 6 nitrogen and oxygen atoms in total. The lowest BCUT2D eigenvalue weighted by Gasteiger charge is -2.44. The molecule has 1 fully saturated rings. The monoisotopic (exact) mass is 395 g/mol. The van der Waals surface area contributed by atoms with E-state index in [0.717, 1.165) is 12.8 Å². The van der Waals surface area contributed by atoms with E-state index in [1.165, 1.54) is 25.0 Å². The standard InChI is InChI=1S/C22H37NO5/c1-14(2)9-8-10-15(3)11-12-26-22-21(23-18(6)24)17(5)16(4)20(28-22)13-27-19(7)25/h9,11,16-17,20-22H,8,10,12-13H2,1-7H3,(H,23,24)/b15-11+/t16-,17-,20?,21?,22+/m0/s1. The smallest absolute Gasteiger partial charge is 0.302 e. The molecule has 0 bridgehead atoms. The molecule has 5 atom stereocenters. The highest BCUT2D eigenvalue weighted by Gasteiger charge is 2.42. The highest BCUT2D eigenvalue weighted by Crippen LogP contribution is 2.31. The molecule has 0 aromatic carbocycles. The van der Waals surface area contributed by atoms with Gasteiger partial charge in [0.05, 0.1) is 18.8 Å². The number of amides is 1. The number of hydrogen-bond acceptors (Lipinski definition) is 5. The van der Waals surface area contributed by atoms with Crippen LogP contribution in [-0.4, -0.2) is 43.5 Å². The lowest BCUT2D eigenvalue weighted by molar-refractivity contribution is -0.240. The molecule has 1 aliphatic rings. The van der Waals surface area contributed by atoms with Gasteiger partial charge in [-0.05, 0) is 45.4 Å². The third-order valence-corrected chi connectivity index (χ3v) is 5.19. The summed E-state index contributed by atoms with van der Waals surface area (Å²) in [7, 11) is 0. The van der Waals surface area contributed by atoms with Gasteiger partial charge in [-0.25, -0.2) is 0 Å². The second kappa shape index (κ2) is 12.0. The average Bonchev–Trinajstić information content (AvgIpc) is 2.59. The molecule has 0 radical (unpaired) electrons. The summed E-state index contributed by atoms with van der Waals surface area (Å²) in [5.41, 5.74) is 2.57. The molecule has 1 saturated heterocycles. The number of rotatable bonds is 9. The van der Waals surface area contributed by atoms with Crippen molar-refractivity contribution in [2.45, 2.75) is 79.7 Å². The van der Waals surface area contributed by atoms with Crippen LogP contribution in [-0.2, 0) is 23.8 Å². The molecule has 0 aromatic rings. The Labute approximate surface area is 169 Å². The molecule has 0 aromatic heterocycles. The van der Waals surface area contributed by atoms with Crippen LogP contribution < -0.4 is 5.32 Å². The summed E-state index contributed by atoms with van der Waals surface area (Å²) < 4.78 is 17.2. The Morgan fingerprint density at radius 2 is 1.71 bits per heavy atom. The lowest BCUT2D eigenvalue weighted by Crippen LogP contribution is -2.58. The Balaban J connectivity index is 2.74. The molecule has 6 heteroatoms. The van der Waals surface area contributed by atoms with Gasteiger partial charge in [0.25, 0.3) is 0 Å². The molecule has 1 rings (SSSR count). The van der Waals surface area contributed by atoms with Crippen molar-refractivity contribution in [3.8, 4) is 0 Å². The van der Waals surface area contributed by atoms with Crippen molar-refractivity contribution in [1.29, 1.82) is 0 Å². The highest BCUT2D eigenvalue weighted by molar-refractivity contribution is 5.73. The van der Waals surface area contributed by atoms with E-state index < -0.39 is 6.29 Å². The van der Waals surface area contributed by atoms with Gasteiger partial charge in [0.15, 0.2) is 6.29 Å². The Morgan fingerprint density at radius 3 is 2.29 bits per heavy atom. The molecular formula is C22H37NO5. The Morgan fingerprint density at radius 1 is 1.04 bits per heavy atom. The first-order valence-corrected chi connectivity index (χ1v) is 10.1. The Hall–Kier alpha value is -1.66. The van der Waals surface area contributed by atoms with Crippen LogP contribution in [0.4, 0.5) is 0 Å². The van der Waals surface area contributed by atoms with Crippen LogP contribution in [0.1, 0.15) is 61.3 Å². The van der Waals surface area contributed by atoms with Crippen molar-refractivity contribution < 1.29 is 23.8 Å². The fraction of sp³-hybridized carbons (Fsp3) is 0.727. The number of hydrogen-bond donors (Lipinski definition) is 1. The van der Waals surface area contributed by atoms with Crippen LogP contribution in [0.2, 0.25) is 0 Å². The minimum atomic E-state index is -0.586. The van der Waals surface area contributed by atoms with E-state index in [1.54, 1.807) is 0 Å². The molecule has 0 aliphatic carbocycles. The van der Waals surface area contributed by atoms with Gasteiger partial charge in [0.2, 0.25) is 5.91 Å². The van der Waals surface area contributed by atoms with Crippen LogP contribution in [0.25, 0.3) is 0 Å². The zero-order valence-electron chi connectivity index (χ0n) is 18.4. The number of carbonyl (C=O) groups excluding carboxylic acids is 2. The zero-order chi connectivity index (χ0) is 21.3. The van der Waals surface area contributed by atoms with E-state index in [2.05, 4.69) is 45.2 Å². The van der Waals surface area contributed by atoms with Crippen LogP contribution in [0.3, 0.4) is 0 Å². The van der Waals surface area contributed by atoms with Crippen LogP contribution in [0.5, 0.6) is 0 Å². The fourth-order valence-electron chi connectivity index (χ4n) is 3.24. The highest BCUT2D eigenvalue weighted by atomic mass is 16.7. The number of ether oxygens (including phenoxy) is 3. The predicted octanol–water partition coefficient (Wildman–Crippen LogP) is 3.76. The summed E-state index contributed by atoms with van der Waals surface area (Å²) in [5, 5.41) is 2.96. The van der Waals surface area contributed by atoms with Gasteiger partial charge in [0.1, 0.15) is 6.61 Å². The summed E-state index contributed by atoms with van der Waals surface area (Å²) >= 11 is 0. The first kappa shape index (κ1) is 24.4. The topological polar surface area (TPSA) is 73.9 Å². The minimum absolute atomic E-state index is 0.109. The minimum Gasteiger partial charge on any atom is -0.463 e. The van der Waals surface area contributed by atoms with E-state index in [1.807, 2.05) is 6.92 Å². The first-order valence-electron chi connectivity index (χ1n) is 10.1. The van der Waals surface area contributed by atoms with Crippen LogP contribution in [0, 0.1) is 11.8 Å². The number of allylic oxidation sites excluding steroid dienone is 3. The molecule has 160 valence electrons. The average molecular weight is 396 g/mol. The van der Waals surface area contributed by atoms with Crippen molar-refractivity contribution >= 4 is 11.9 Å². The molecule has 0 saturated carbocycles. The largest absolute Gasteiger partial charge is 0.463 e. The quantitative estimate of drug-likeness (QED) is 0.475. The van der Waals surface area contributed by atoms with E-state index in [4.69, 9.17) is 14.2 Å². The molecule has 1 amide bonds. The molecular weight excluding hydrogens is 358 g/mol. The number of nitrogens with one attached hydrogen (secondary N) is 1. The zero-order valence-corrected chi connectivity index (χ0v) is 18.4. The maximum absolute atomic E-state index is 11.7. The second-order valence-electron chi connectivity index (χ2n) is 7.99. The summed E-state index contributed by atoms with van der Waals surface area (Å²) in [5.74, 6) is -0.226. The molecule has 0 spiro atoms. The van der Waals surface area contributed by atoms with E-state index in [9.17, 15) is 9.59 Å². The van der Waals surface area contributed by atoms with Crippen molar-refractivity contribution in [1.82, 2.24) is 5.32 Å². The molecule has 1 aliphatic heterocycles. The molecule has 1 N–H and O–H groups in total. The SMILES string of the molecule is CC(=O)NC1[C@H](OC/C=C(\C)CCC=C(C)C)OC(COC(C)=O)[C@@H](C)[C@@H]1C. The predicted molar refractivity (Wildman–Crippen MR) is 110 cm³/mol. The number of carbonyl (C=O) groups is 2. The normalized spacial score (nSPS) is 27.8. The summed E-state index contributed by atoms with van der Waals surface area (Å²) in [6.07, 6.45) is 5.42. The summed E-state index contributed by atoms with van der Waals surface area (Å²) in [6.45, 7) is 13.8. The van der Waals surface area contributed by atoms with Gasteiger partial charge in [-0.1, -0.05) is 37.1 Å². The van der Waals surface area contributed by atoms with E-state index >= 15 is 0 Å². The first-order chi connectivity index (χ1) is 13.1. The molecule has 2 unspecified atom stereocenters. The maximum Gasteiger partial charge on any atom is 0.302 e. The Kier molecular flexibility index (Phi) is 10.5.